The van der Waals surface area contributed by atoms with Gasteiger partial charge in [-0.05, 0) is 31.0 Å². The van der Waals surface area contributed by atoms with E-state index in [9.17, 15) is 13.6 Å². The second kappa shape index (κ2) is 7.81. The van der Waals surface area contributed by atoms with Crippen LogP contribution in [0.15, 0.2) is 33.9 Å². The van der Waals surface area contributed by atoms with Gasteiger partial charge in [-0.25, -0.2) is 0 Å². The standard InChI is InChI=1S/C16H17F2N3O3S/c1-10(11-4-6-12(7-5-11)23-15(17)18)25-16-20-19-13(24-16)9-21-8-2-3-14(21)22/h4-7,10,15H,2-3,8-9H2,1H3/t10-/m1/s1. The molecule has 0 radical (unpaired) electrons. The predicted molar refractivity (Wildman–Crippen MR) is 86.3 cm³/mol. The van der Waals surface area contributed by atoms with Gasteiger partial charge < -0.3 is 14.1 Å². The van der Waals surface area contributed by atoms with Gasteiger partial charge in [0.2, 0.25) is 11.8 Å². The van der Waals surface area contributed by atoms with E-state index < -0.39 is 6.61 Å². The first-order valence-corrected chi connectivity index (χ1v) is 8.71. The van der Waals surface area contributed by atoms with Crippen LogP contribution in [0.5, 0.6) is 5.75 Å². The first-order chi connectivity index (χ1) is 12.0. The number of halogens is 2. The number of amides is 1. The van der Waals surface area contributed by atoms with Crippen LogP contribution in [0.3, 0.4) is 0 Å². The van der Waals surface area contributed by atoms with Gasteiger partial charge in [0.05, 0.1) is 6.54 Å². The number of rotatable bonds is 7. The second-order valence-corrected chi connectivity index (χ2v) is 6.88. The zero-order valence-electron chi connectivity index (χ0n) is 13.5. The van der Waals surface area contributed by atoms with Gasteiger partial charge in [0, 0.05) is 18.2 Å². The summed E-state index contributed by atoms with van der Waals surface area (Å²) in [5.74, 6) is 0.629. The van der Waals surface area contributed by atoms with E-state index in [0.29, 0.717) is 30.6 Å². The molecule has 1 aliphatic heterocycles. The SMILES string of the molecule is C[C@@H](Sc1nnc(CN2CCCC2=O)o1)c1ccc(OC(F)F)cc1. The molecule has 6 nitrogen and oxygen atoms in total. The van der Waals surface area contributed by atoms with E-state index >= 15 is 0 Å². The van der Waals surface area contributed by atoms with Crippen LogP contribution in [0.4, 0.5) is 8.78 Å². The number of nitrogens with zero attached hydrogens (tertiary/aromatic N) is 3. The molecule has 2 heterocycles. The van der Waals surface area contributed by atoms with Crippen LogP contribution in [0.25, 0.3) is 0 Å². The van der Waals surface area contributed by atoms with Gasteiger partial charge in [0.1, 0.15) is 5.75 Å². The lowest BCUT2D eigenvalue weighted by Gasteiger charge is -2.12. The molecule has 0 bridgehead atoms. The van der Waals surface area contributed by atoms with Gasteiger partial charge in [0.15, 0.2) is 0 Å². The fourth-order valence-electron chi connectivity index (χ4n) is 2.52. The molecule has 1 saturated heterocycles. The number of ether oxygens (including phenoxy) is 1. The van der Waals surface area contributed by atoms with Gasteiger partial charge in [-0.1, -0.05) is 23.9 Å². The Balaban J connectivity index is 1.57. The number of aromatic nitrogens is 2. The normalized spacial score (nSPS) is 15.8. The maximum Gasteiger partial charge on any atom is 0.387 e. The second-order valence-electron chi connectivity index (χ2n) is 5.59. The Morgan fingerprint density at radius 1 is 1.32 bits per heavy atom. The van der Waals surface area contributed by atoms with Crippen molar-refractivity contribution in [2.45, 2.75) is 43.4 Å². The van der Waals surface area contributed by atoms with Gasteiger partial charge in [-0.15, -0.1) is 10.2 Å². The van der Waals surface area contributed by atoms with Crippen molar-refractivity contribution in [3.63, 3.8) is 0 Å². The molecular weight excluding hydrogens is 352 g/mol. The average molecular weight is 369 g/mol. The molecule has 134 valence electrons. The van der Waals surface area contributed by atoms with Gasteiger partial charge in [-0.3, -0.25) is 4.79 Å². The highest BCUT2D eigenvalue weighted by Gasteiger charge is 2.22. The Morgan fingerprint density at radius 3 is 2.72 bits per heavy atom. The average Bonchev–Trinajstić information content (AvgIpc) is 3.17. The summed E-state index contributed by atoms with van der Waals surface area (Å²) in [6.45, 7) is 0.159. The minimum absolute atomic E-state index is 0.0117. The van der Waals surface area contributed by atoms with Crippen LogP contribution in [-0.2, 0) is 11.3 Å². The molecule has 9 heteroatoms. The lowest BCUT2D eigenvalue weighted by atomic mass is 10.2. The quantitative estimate of drug-likeness (QED) is 0.694. The van der Waals surface area contributed by atoms with Crippen molar-refractivity contribution >= 4 is 17.7 Å². The monoisotopic (exact) mass is 369 g/mol. The summed E-state index contributed by atoms with van der Waals surface area (Å²) in [5, 5.41) is 8.36. The Morgan fingerprint density at radius 2 is 2.08 bits per heavy atom. The smallest absolute Gasteiger partial charge is 0.387 e. The van der Waals surface area contributed by atoms with E-state index in [1.54, 1.807) is 17.0 Å². The molecule has 1 fully saturated rings. The van der Waals surface area contributed by atoms with Crippen LogP contribution in [0, 0.1) is 0 Å². The summed E-state index contributed by atoms with van der Waals surface area (Å²) in [5.41, 5.74) is 0.918. The summed E-state index contributed by atoms with van der Waals surface area (Å²) in [6, 6.07) is 6.43. The number of carbonyl (C=O) groups excluding carboxylic acids is 1. The summed E-state index contributed by atoms with van der Waals surface area (Å²) >= 11 is 1.36. The third-order valence-electron chi connectivity index (χ3n) is 3.80. The molecule has 1 aromatic heterocycles. The van der Waals surface area contributed by atoms with E-state index in [-0.39, 0.29) is 16.9 Å². The number of thioether (sulfide) groups is 1. The third-order valence-corrected chi connectivity index (χ3v) is 4.79. The van der Waals surface area contributed by atoms with Crippen LogP contribution >= 0.6 is 11.8 Å². The number of carbonyl (C=O) groups is 1. The zero-order chi connectivity index (χ0) is 17.8. The van der Waals surface area contributed by atoms with Gasteiger partial charge >= 0.3 is 6.61 Å². The molecule has 0 saturated carbocycles. The highest BCUT2D eigenvalue weighted by molar-refractivity contribution is 7.99. The number of hydrogen-bond acceptors (Lipinski definition) is 6. The zero-order valence-corrected chi connectivity index (χ0v) is 14.3. The Hall–Kier alpha value is -2.16. The first-order valence-electron chi connectivity index (χ1n) is 7.83. The molecule has 1 aliphatic rings. The maximum absolute atomic E-state index is 12.2. The van der Waals surface area contributed by atoms with E-state index in [2.05, 4.69) is 14.9 Å². The summed E-state index contributed by atoms with van der Waals surface area (Å²) in [6.07, 6.45) is 1.43. The van der Waals surface area contributed by atoms with Crippen LogP contribution in [-0.4, -0.2) is 34.2 Å². The van der Waals surface area contributed by atoms with Gasteiger partial charge in [0.25, 0.3) is 5.22 Å². The van der Waals surface area contributed by atoms with Crippen molar-refractivity contribution in [2.75, 3.05) is 6.54 Å². The van der Waals surface area contributed by atoms with Crippen LogP contribution in [0.2, 0.25) is 0 Å². The molecule has 25 heavy (non-hydrogen) atoms. The lowest BCUT2D eigenvalue weighted by Crippen LogP contribution is -2.23. The minimum Gasteiger partial charge on any atom is -0.435 e. The van der Waals surface area contributed by atoms with Crippen molar-refractivity contribution in [3.8, 4) is 5.75 Å². The van der Waals surface area contributed by atoms with Crippen molar-refractivity contribution in [1.82, 2.24) is 15.1 Å². The molecule has 0 spiro atoms. The molecule has 1 aromatic carbocycles. The molecule has 2 aromatic rings. The van der Waals surface area contributed by atoms with E-state index in [0.717, 1.165) is 12.0 Å². The Bertz CT molecular complexity index is 724. The maximum atomic E-state index is 12.2. The van der Waals surface area contributed by atoms with Crippen LogP contribution < -0.4 is 4.74 Å². The molecule has 3 rings (SSSR count). The Kier molecular flexibility index (Phi) is 5.52. The minimum atomic E-state index is -2.84. The van der Waals surface area contributed by atoms with E-state index in [1.165, 1.54) is 23.9 Å². The van der Waals surface area contributed by atoms with Crippen molar-refractivity contribution < 1.29 is 22.7 Å². The van der Waals surface area contributed by atoms with Crippen LogP contribution in [0.1, 0.15) is 36.5 Å². The number of hydrogen-bond donors (Lipinski definition) is 0. The van der Waals surface area contributed by atoms with Crippen molar-refractivity contribution in [3.05, 3.63) is 35.7 Å². The fraction of sp³-hybridized carbons (Fsp3) is 0.438. The van der Waals surface area contributed by atoms with Crippen molar-refractivity contribution in [1.29, 1.82) is 0 Å². The molecule has 1 atom stereocenters. The fourth-order valence-corrected chi connectivity index (χ4v) is 3.35. The summed E-state index contributed by atoms with van der Waals surface area (Å²) in [4.78, 5) is 13.3. The Labute approximate surface area is 147 Å². The summed E-state index contributed by atoms with van der Waals surface area (Å²) < 4.78 is 34.2. The van der Waals surface area contributed by atoms with Crippen molar-refractivity contribution in [2.24, 2.45) is 0 Å². The first kappa shape index (κ1) is 17.7. The molecule has 0 unspecified atom stereocenters. The topological polar surface area (TPSA) is 68.5 Å². The largest absolute Gasteiger partial charge is 0.435 e. The molecule has 0 aliphatic carbocycles. The summed E-state index contributed by atoms with van der Waals surface area (Å²) in [7, 11) is 0. The predicted octanol–water partition coefficient (Wildman–Crippen LogP) is 3.65. The molecular formula is C16H17F2N3O3S. The molecule has 0 N–H and O–H groups in total. The third kappa shape index (κ3) is 4.68. The number of likely N-dealkylation sites (tertiary alicyclic amines) is 1. The highest BCUT2D eigenvalue weighted by atomic mass is 32.2. The molecule has 1 amide bonds. The van der Waals surface area contributed by atoms with E-state index in [4.69, 9.17) is 4.42 Å². The lowest BCUT2D eigenvalue weighted by molar-refractivity contribution is -0.128. The van der Waals surface area contributed by atoms with E-state index in [1.807, 2.05) is 6.92 Å². The number of benzene rings is 1. The number of alkyl halides is 2. The highest BCUT2D eigenvalue weighted by Crippen LogP contribution is 2.34. The van der Waals surface area contributed by atoms with Gasteiger partial charge in [-0.2, -0.15) is 8.78 Å².